The average molecular weight is 442 g/mol. The van der Waals surface area contributed by atoms with Gasteiger partial charge in [-0.05, 0) is 61.9 Å². The number of rotatable bonds is 7. The van der Waals surface area contributed by atoms with Gasteiger partial charge >= 0.3 is 0 Å². The lowest BCUT2D eigenvalue weighted by atomic mass is 10.2. The Morgan fingerprint density at radius 2 is 1.71 bits per heavy atom. The molecule has 0 fully saturated rings. The number of ether oxygens (including phenoxy) is 2. The van der Waals surface area contributed by atoms with Crippen molar-refractivity contribution >= 4 is 22.1 Å². The van der Waals surface area contributed by atoms with Crippen molar-refractivity contribution in [3.63, 3.8) is 0 Å². The fraction of sp³-hybridized carbons (Fsp3) is 0.227. The van der Waals surface area contributed by atoms with Gasteiger partial charge in [-0.15, -0.1) is 0 Å². The van der Waals surface area contributed by atoms with E-state index in [9.17, 15) is 0 Å². The SMILES string of the molecule is COc1ccc(CN/N=C\c2cc(C)n(-c3ccc(Br)cc3)c2C)cc1OC. The van der Waals surface area contributed by atoms with Crippen LogP contribution in [0.1, 0.15) is 22.5 Å². The predicted molar refractivity (Wildman–Crippen MR) is 117 cm³/mol. The van der Waals surface area contributed by atoms with Crippen molar-refractivity contribution in [1.29, 1.82) is 0 Å². The smallest absolute Gasteiger partial charge is 0.161 e. The summed E-state index contributed by atoms with van der Waals surface area (Å²) in [6.45, 7) is 4.80. The van der Waals surface area contributed by atoms with Crippen LogP contribution in [0.2, 0.25) is 0 Å². The summed E-state index contributed by atoms with van der Waals surface area (Å²) in [4.78, 5) is 0. The minimum Gasteiger partial charge on any atom is -0.493 e. The standard InChI is InChI=1S/C22H24BrN3O2/c1-15-11-18(16(2)26(15)20-8-6-19(23)7-9-20)14-25-24-13-17-5-10-21(27-3)22(12-17)28-4/h5-12,14,24H,13H2,1-4H3/b25-14-. The molecule has 0 aliphatic rings. The number of hydrogen-bond donors (Lipinski definition) is 1. The second-order valence-electron chi connectivity index (χ2n) is 6.42. The first-order valence-electron chi connectivity index (χ1n) is 8.95. The molecule has 0 saturated heterocycles. The third kappa shape index (κ3) is 4.39. The molecule has 0 unspecified atom stereocenters. The molecule has 0 saturated carbocycles. The first-order chi connectivity index (χ1) is 13.5. The Hall–Kier alpha value is -2.73. The van der Waals surface area contributed by atoms with Gasteiger partial charge < -0.3 is 19.5 Å². The second kappa shape index (κ2) is 8.97. The maximum absolute atomic E-state index is 5.34. The third-order valence-corrected chi connectivity index (χ3v) is 5.11. The van der Waals surface area contributed by atoms with Crippen molar-refractivity contribution in [3.8, 4) is 17.2 Å². The van der Waals surface area contributed by atoms with Crippen molar-refractivity contribution < 1.29 is 9.47 Å². The van der Waals surface area contributed by atoms with Crippen molar-refractivity contribution in [2.75, 3.05) is 14.2 Å². The van der Waals surface area contributed by atoms with Gasteiger partial charge in [-0.25, -0.2) is 0 Å². The summed E-state index contributed by atoms with van der Waals surface area (Å²) in [5, 5.41) is 4.39. The Balaban J connectivity index is 1.70. The number of nitrogens with one attached hydrogen (secondary N) is 1. The molecule has 1 aromatic heterocycles. The molecule has 0 amide bonds. The lowest BCUT2D eigenvalue weighted by Crippen LogP contribution is -2.06. The quantitative estimate of drug-likeness (QED) is 0.414. The lowest BCUT2D eigenvalue weighted by molar-refractivity contribution is 0.354. The van der Waals surface area contributed by atoms with Crippen molar-refractivity contribution in [3.05, 3.63) is 75.5 Å². The highest BCUT2D eigenvalue weighted by Crippen LogP contribution is 2.27. The summed E-state index contributed by atoms with van der Waals surface area (Å²) in [5.74, 6) is 1.43. The molecule has 0 spiro atoms. The van der Waals surface area contributed by atoms with Gasteiger partial charge in [0.15, 0.2) is 11.5 Å². The van der Waals surface area contributed by atoms with E-state index >= 15 is 0 Å². The molecule has 0 bridgehead atoms. The Bertz CT molecular complexity index is 978. The Morgan fingerprint density at radius 3 is 2.39 bits per heavy atom. The van der Waals surface area contributed by atoms with Crippen molar-refractivity contribution in [2.24, 2.45) is 5.10 Å². The number of nitrogens with zero attached hydrogens (tertiary/aromatic N) is 2. The Kier molecular flexibility index (Phi) is 6.41. The maximum Gasteiger partial charge on any atom is 0.161 e. The van der Waals surface area contributed by atoms with Crippen LogP contribution in [0.3, 0.4) is 0 Å². The fourth-order valence-corrected chi connectivity index (χ4v) is 3.41. The normalized spacial score (nSPS) is 11.0. The molecule has 1 heterocycles. The fourth-order valence-electron chi connectivity index (χ4n) is 3.15. The van der Waals surface area contributed by atoms with Gasteiger partial charge in [0.2, 0.25) is 0 Å². The molecule has 5 nitrogen and oxygen atoms in total. The highest BCUT2D eigenvalue weighted by Gasteiger charge is 2.09. The number of hydrogen-bond acceptors (Lipinski definition) is 4. The largest absolute Gasteiger partial charge is 0.493 e. The highest BCUT2D eigenvalue weighted by molar-refractivity contribution is 9.10. The van der Waals surface area contributed by atoms with Gasteiger partial charge in [0.05, 0.1) is 27.0 Å². The molecule has 0 aliphatic carbocycles. The molecular formula is C22H24BrN3O2. The number of benzene rings is 2. The van der Waals surface area contributed by atoms with E-state index in [1.54, 1.807) is 14.2 Å². The first-order valence-corrected chi connectivity index (χ1v) is 9.74. The minimum absolute atomic E-state index is 0.600. The number of halogens is 1. The monoisotopic (exact) mass is 441 g/mol. The van der Waals surface area contributed by atoms with E-state index in [1.165, 1.54) is 5.69 Å². The molecule has 0 atom stereocenters. The summed E-state index contributed by atoms with van der Waals surface area (Å²) in [6.07, 6.45) is 1.86. The summed E-state index contributed by atoms with van der Waals surface area (Å²) in [6, 6.07) is 16.3. The summed E-state index contributed by atoms with van der Waals surface area (Å²) < 4.78 is 13.9. The van der Waals surface area contributed by atoms with Gasteiger partial charge in [0.25, 0.3) is 0 Å². The van der Waals surface area contributed by atoms with Crippen molar-refractivity contribution in [1.82, 2.24) is 9.99 Å². The zero-order chi connectivity index (χ0) is 20.1. The molecule has 146 valence electrons. The van der Waals surface area contributed by atoms with E-state index < -0.39 is 0 Å². The van der Waals surface area contributed by atoms with Crippen LogP contribution in [-0.2, 0) is 6.54 Å². The molecule has 3 aromatic rings. The summed E-state index contributed by atoms with van der Waals surface area (Å²) in [5.41, 5.74) is 8.70. The number of aromatic nitrogens is 1. The average Bonchev–Trinajstić information content (AvgIpc) is 2.99. The zero-order valence-corrected chi connectivity index (χ0v) is 18.1. The van der Waals surface area contributed by atoms with E-state index in [-0.39, 0.29) is 0 Å². The van der Waals surface area contributed by atoms with E-state index in [4.69, 9.17) is 9.47 Å². The van der Waals surface area contributed by atoms with Crippen LogP contribution in [0.15, 0.2) is 58.1 Å². The second-order valence-corrected chi connectivity index (χ2v) is 7.34. The van der Waals surface area contributed by atoms with Crippen LogP contribution < -0.4 is 14.9 Å². The van der Waals surface area contributed by atoms with E-state index in [1.807, 2.05) is 36.5 Å². The van der Waals surface area contributed by atoms with Crippen LogP contribution in [0, 0.1) is 13.8 Å². The molecule has 0 aliphatic heterocycles. The zero-order valence-electron chi connectivity index (χ0n) is 16.5. The third-order valence-electron chi connectivity index (χ3n) is 4.58. The maximum atomic E-state index is 5.34. The Labute approximate surface area is 174 Å². The van der Waals surface area contributed by atoms with Crippen molar-refractivity contribution in [2.45, 2.75) is 20.4 Å². The predicted octanol–water partition coefficient (Wildman–Crippen LogP) is 5.00. The minimum atomic E-state index is 0.600. The molecule has 1 N–H and O–H groups in total. The van der Waals surface area contributed by atoms with E-state index in [0.29, 0.717) is 12.3 Å². The van der Waals surface area contributed by atoms with Gasteiger partial charge in [0, 0.05) is 27.1 Å². The van der Waals surface area contributed by atoms with E-state index in [0.717, 1.165) is 32.7 Å². The summed E-state index contributed by atoms with van der Waals surface area (Å²) >= 11 is 3.49. The Morgan fingerprint density at radius 1 is 1.00 bits per heavy atom. The van der Waals surface area contributed by atoms with E-state index in [2.05, 4.69) is 63.1 Å². The topological polar surface area (TPSA) is 47.8 Å². The lowest BCUT2D eigenvalue weighted by Gasteiger charge is -2.10. The van der Waals surface area contributed by atoms with Crippen LogP contribution in [0.4, 0.5) is 0 Å². The number of hydrazone groups is 1. The molecule has 0 radical (unpaired) electrons. The molecular weight excluding hydrogens is 418 g/mol. The highest BCUT2D eigenvalue weighted by atomic mass is 79.9. The van der Waals surface area contributed by atoms with Gasteiger partial charge in [0.1, 0.15) is 0 Å². The molecule has 28 heavy (non-hydrogen) atoms. The number of methoxy groups -OCH3 is 2. The van der Waals surface area contributed by atoms with Crippen LogP contribution >= 0.6 is 15.9 Å². The van der Waals surface area contributed by atoms with Crippen LogP contribution in [0.5, 0.6) is 11.5 Å². The first kappa shape index (κ1) is 20.0. The molecule has 2 aromatic carbocycles. The van der Waals surface area contributed by atoms with Gasteiger partial charge in [-0.1, -0.05) is 22.0 Å². The summed E-state index contributed by atoms with van der Waals surface area (Å²) in [7, 11) is 3.26. The number of aryl methyl sites for hydroxylation is 1. The molecule has 6 heteroatoms. The van der Waals surface area contributed by atoms with Gasteiger partial charge in [-0.3, -0.25) is 0 Å². The van der Waals surface area contributed by atoms with Crippen LogP contribution in [0.25, 0.3) is 5.69 Å². The van der Waals surface area contributed by atoms with Gasteiger partial charge in [-0.2, -0.15) is 5.10 Å². The van der Waals surface area contributed by atoms with Crippen LogP contribution in [-0.4, -0.2) is 25.0 Å². The molecule has 3 rings (SSSR count).